The number of pyridine rings is 1. The molecule has 1 aliphatic heterocycles. The van der Waals surface area contributed by atoms with Gasteiger partial charge < -0.3 is 10.1 Å². The number of esters is 1. The molecule has 5 nitrogen and oxygen atoms in total. The highest BCUT2D eigenvalue weighted by Gasteiger charge is 2.33. The van der Waals surface area contributed by atoms with E-state index in [0.717, 1.165) is 12.3 Å². The zero-order valence-corrected chi connectivity index (χ0v) is 15.6. The summed E-state index contributed by atoms with van der Waals surface area (Å²) in [5, 5.41) is 3.31. The van der Waals surface area contributed by atoms with E-state index < -0.39 is 23.8 Å². The van der Waals surface area contributed by atoms with Crippen LogP contribution in [-0.2, 0) is 15.7 Å². The van der Waals surface area contributed by atoms with Gasteiger partial charge in [-0.05, 0) is 25.1 Å². The molecule has 0 fully saturated rings. The molecule has 0 spiro atoms. The first-order valence-electron chi connectivity index (χ1n) is 8.14. The number of nitrogens with zero attached hydrogens (tertiary/aromatic N) is 2. The van der Waals surface area contributed by atoms with Crippen molar-refractivity contribution in [2.24, 2.45) is 4.99 Å². The van der Waals surface area contributed by atoms with Crippen LogP contribution in [-0.4, -0.2) is 23.9 Å². The average Bonchev–Trinajstić information content (AvgIpc) is 2.66. The van der Waals surface area contributed by atoms with E-state index in [1.54, 1.807) is 31.2 Å². The fourth-order valence-corrected chi connectivity index (χ4v) is 3.04. The Kier molecular flexibility index (Phi) is 5.42. The van der Waals surface area contributed by atoms with E-state index >= 15 is 0 Å². The van der Waals surface area contributed by atoms with Gasteiger partial charge in [0.2, 0.25) is 0 Å². The van der Waals surface area contributed by atoms with Gasteiger partial charge in [0.25, 0.3) is 0 Å². The lowest BCUT2D eigenvalue weighted by Crippen LogP contribution is -2.33. The lowest BCUT2D eigenvalue weighted by atomic mass is 9.95. The second-order valence-electron chi connectivity index (χ2n) is 5.99. The summed E-state index contributed by atoms with van der Waals surface area (Å²) in [6, 6.07) is 8.22. The van der Waals surface area contributed by atoms with Crippen LogP contribution in [0, 0.1) is 0 Å². The number of ether oxygens (including phenoxy) is 1. The molecule has 0 amide bonds. The summed E-state index contributed by atoms with van der Waals surface area (Å²) in [6.07, 6.45) is -3.75. The maximum Gasteiger partial charge on any atom is 0.417 e. The third kappa shape index (κ3) is 3.87. The summed E-state index contributed by atoms with van der Waals surface area (Å²) in [6.45, 7) is 1.65. The van der Waals surface area contributed by atoms with Crippen LogP contribution in [0.15, 0.2) is 58.9 Å². The molecule has 3 rings (SSSR count). The quantitative estimate of drug-likeness (QED) is 0.768. The number of benzene rings is 1. The maximum atomic E-state index is 12.8. The number of amidine groups is 1. The lowest BCUT2D eigenvalue weighted by Gasteiger charge is -2.26. The van der Waals surface area contributed by atoms with Crippen molar-refractivity contribution in [1.82, 2.24) is 10.3 Å². The second kappa shape index (κ2) is 7.63. The number of halogens is 4. The number of alkyl halides is 3. The summed E-state index contributed by atoms with van der Waals surface area (Å²) in [5.41, 5.74) is 0.607. The molecule has 1 aromatic carbocycles. The minimum atomic E-state index is -4.48. The number of hydrogen-bond donors (Lipinski definition) is 1. The smallest absolute Gasteiger partial charge is 0.417 e. The number of aromatic nitrogens is 1. The fourth-order valence-electron chi connectivity index (χ4n) is 2.80. The fraction of sp³-hybridized carbons (Fsp3) is 0.211. The first-order chi connectivity index (χ1) is 13.2. The predicted molar refractivity (Wildman–Crippen MR) is 97.8 cm³/mol. The Labute approximate surface area is 163 Å². The number of methoxy groups -OCH3 is 1. The van der Waals surface area contributed by atoms with Gasteiger partial charge in [0, 0.05) is 22.5 Å². The Balaban J connectivity index is 2.07. The van der Waals surface area contributed by atoms with Crippen molar-refractivity contribution in [2.75, 3.05) is 7.11 Å². The normalized spacial score (nSPS) is 17.1. The van der Waals surface area contributed by atoms with Crippen LogP contribution in [0.2, 0.25) is 5.02 Å². The number of rotatable bonds is 3. The van der Waals surface area contributed by atoms with Crippen molar-refractivity contribution in [1.29, 1.82) is 0 Å². The maximum absolute atomic E-state index is 12.8. The molecule has 0 aliphatic carbocycles. The van der Waals surface area contributed by atoms with E-state index in [2.05, 4.69) is 15.3 Å². The number of aliphatic imine (C=N–C) groups is 1. The van der Waals surface area contributed by atoms with Gasteiger partial charge in [-0.1, -0.05) is 29.8 Å². The molecular weight excluding hydrogens is 395 g/mol. The van der Waals surface area contributed by atoms with E-state index in [1.807, 2.05) is 0 Å². The monoisotopic (exact) mass is 409 g/mol. The lowest BCUT2D eigenvalue weighted by molar-refractivity contribution is -0.138. The second-order valence-corrected chi connectivity index (χ2v) is 6.39. The van der Waals surface area contributed by atoms with Crippen molar-refractivity contribution in [3.8, 4) is 0 Å². The Bertz CT molecular complexity index is 969. The first-order valence-corrected chi connectivity index (χ1v) is 8.52. The molecule has 0 radical (unpaired) electrons. The van der Waals surface area contributed by atoms with Gasteiger partial charge in [-0.2, -0.15) is 13.2 Å². The number of hydrogen-bond acceptors (Lipinski definition) is 5. The minimum Gasteiger partial charge on any atom is -0.466 e. The molecule has 2 aromatic rings. The van der Waals surface area contributed by atoms with Gasteiger partial charge in [-0.3, -0.25) is 9.98 Å². The number of nitrogens with one attached hydrogen (secondary N) is 1. The van der Waals surface area contributed by atoms with E-state index in [9.17, 15) is 18.0 Å². The van der Waals surface area contributed by atoms with Crippen LogP contribution >= 0.6 is 11.6 Å². The van der Waals surface area contributed by atoms with E-state index in [4.69, 9.17) is 16.3 Å². The van der Waals surface area contributed by atoms with Crippen molar-refractivity contribution >= 4 is 23.4 Å². The highest BCUT2D eigenvalue weighted by molar-refractivity contribution is 6.31. The molecule has 1 unspecified atom stereocenters. The molecule has 0 bridgehead atoms. The molecule has 0 saturated heterocycles. The number of allylic oxidation sites excluding steroid dienone is 1. The summed E-state index contributed by atoms with van der Waals surface area (Å²) < 4.78 is 43.2. The van der Waals surface area contributed by atoms with Crippen molar-refractivity contribution < 1.29 is 22.7 Å². The van der Waals surface area contributed by atoms with E-state index in [1.165, 1.54) is 13.2 Å². The molecule has 0 saturated carbocycles. The Morgan fingerprint density at radius 1 is 1.21 bits per heavy atom. The molecule has 1 N–H and O–H groups in total. The molecule has 1 atom stereocenters. The predicted octanol–water partition coefficient (Wildman–Crippen LogP) is 4.29. The van der Waals surface area contributed by atoms with Crippen LogP contribution in [0.3, 0.4) is 0 Å². The van der Waals surface area contributed by atoms with Crippen molar-refractivity contribution in [3.05, 3.63) is 75.7 Å². The van der Waals surface area contributed by atoms with Crippen molar-refractivity contribution in [3.63, 3.8) is 0 Å². The molecule has 1 aromatic heterocycles. The van der Waals surface area contributed by atoms with E-state index in [-0.39, 0.29) is 17.1 Å². The van der Waals surface area contributed by atoms with Gasteiger partial charge >= 0.3 is 12.1 Å². The molecule has 9 heteroatoms. The summed E-state index contributed by atoms with van der Waals surface area (Å²) in [4.78, 5) is 20.7. The topological polar surface area (TPSA) is 63.6 Å². The third-order valence-electron chi connectivity index (χ3n) is 4.18. The van der Waals surface area contributed by atoms with Gasteiger partial charge in [-0.15, -0.1) is 0 Å². The minimum absolute atomic E-state index is 0.202. The SMILES string of the molecule is COC(=O)C1=C(C)NC(c2ccc(C(F)(F)F)cn2)=NC1c1ccccc1Cl. The van der Waals surface area contributed by atoms with Crippen molar-refractivity contribution in [2.45, 2.75) is 19.1 Å². The van der Waals surface area contributed by atoms with Crippen LogP contribution in [0.25, 0.3) is 0 Å². The first kappa shape index (κ1) is 19.9. The number of carbonyl (C=O) groups excluding carboxylic acids is 1. The van der Waals surface area contributed by atoms with Crippen LogP contribution in [0.4, 0.5) is 13.2 Å². The van der Waals surface area contributed by atoms with Crippen LogP contribution < -0.4 is 5.32 Å². The molecule has 28 heavy (non-hydrogen) atoms. The summed E-state index contributed by atoms with van der Waals surface area (Å²) in [7, 11) is 1.25. The third-order valence-corrected chi connectivity index (χ3v) is 4.52. The molecular formula is C19H15ClF3N3O2. The summed E-state index contributed by atoms with van der Waals surface area (Å²) >= 11 is 6.28. The van der Waals surface area contributed by atoms with Gasteiger partial charge in [0.15, 0.2) is 5.84 Å². The molecule has 1 aliphatic rings. The highest BCUT2D eigenvalue weighted by atomic mass is 35.5. The zero-order chi connectivity index (χ0) is 20.5. The molecule has 2 heterocycles. The van der Waals surface area contributed by atoms with E-state index in [0.29, 0.717) is 16.3 Å². The van der Waals surface area contributed by atoms with Gasteiger partial charge in [0.1, 0.15) is 11.7 Å². The Morgan fingerprint density at radius 3 is 2.50 bits per heavy atom. The van der Waals surface area contributed by atoms with Crippen LogP contribution in [0.1, 0.15) is 29.8 Å². The molecule has 146 valence electrons. The highest BCUT2D eigenvalue weighted by Crippen LogP contribution is 2.36. The standard InChI is InChI=1S/C19H15ClF3N3O2/c1-10-15(18(27)28-2)16(12-5-3-4-6-13(12)20)26-17(25-10)14-8-7-11(9-24-14)19(21,22)23/h3-9,16H,1-2H3,(H,25,26). The van der Waals surface area contributed by atoms with Gasteiger partial charge in [0.05, 0.1) is 18.2 Å². The van der Waals surface area contributed by atoms with Crippen LogP contribution in [0.5, 0.6) is 0 Å². The average molecular weight is 410 g/mol. The largest absolute Gasteiger partial charge is 0.466 e. The zero-order valence-electron chi connectivity index (χ0n) is 14.8. The Hall–Kier alpha value is -2.87. The van der Waals surface area contributed by atoms with Gasteiger partial charge in [-0.25, -0.2) is 4.79 Å². The summed E-state index contributed by atoms with van der Waals surface area (Å²) in [5.74, 6) is -0.359. The Morgan fingerprint density at radius 2 is 1.93 bits per heavy atom. The number of carbonyl (C=O) groups is 1.